The summed E-state index contributed by atoms with van der Waals surface area (Å²) in [6.07, 6.45) is 0.379. The van der Waals surface area contributed by atoms with Gasteiger partial charge >= 0.3 is 0 Å². The molecule has 1 aromatic carbocycles. The van der Waals surface area contributed by atoms with Gasteiger partial charge in [0.1, 0.15) is 0 Å². The summed E-state index contributed by atoms with van der Waals surface area (Å²) in [6, 6.07) is 8.86. The second-order valence-electron chi connectivity index (χ2n) is 5.44. The SMILES string of the molecule is CCNC(c1ccc(C)cc1)C(C)OCCOC(C)C. The van der Waals surface area contributed by atoms with Crippen LogP contribution in [0.15, 0.2) is 24.3 Å². The summed E-state index contributed by atoms with van der Waals surface area (Å²) < 4.78 is 11.4. The van der Waals surface area contributed by atoms with Gasteiger partial charge in [0.15, 0.2) is 0 Å². The summed E-state index contributed by atoms with van der Waals surface area (Å²) in [5.41, 5.74) is 2.55. The van der Waals surface area contributed by atoms with Crippen molar-refractivity contribution < 1.29 is 9.47 Å². The number of rotatable bonds is 9. The molecule has 0 fully saturated rings. The van der Waals surface area contributed by atoms with Crippen LogP contribution in [0.25, 0.3) is 0 Å². The molecule has 0 amide bonds. The molecule has 0 heterocycles. The lowest BCUT2D eigenvalue weighted by molar-refractivity contribution is -0.0186. The fourth-order valence-corrected chi connectivity index (χ4v) is 2.16. The Kier molecular flexibility index (Phi) is 7.82. The van der Waals surface area contributed by atoms with Crippen LogP contribution in [0.2, 0.25) is 0 Å². The molecule has 0 saturated heterocycles. The number of nitrogens with one attached hydrogen (secondary N) is 1. The van der Waals surface area contributed by atoms with Crippen molar-refractivity contribution in [2.75, 3.05) is 19.8 Å². The molecule has 0 saturated carbocycles. The van der Waals surface area contributed by atoms with Crippen molar-refractivity contribution in [3.63, 3.8) is 0 Å². The van der Waals surface area contributed by atoms with E-state index in [0.717, 1.165) is 6.54 Å². The van der Waals surface area contributed by atoms with Gasteiger partial charge in [0.25, 0.3) is 0 Å². The van der Waals surface area contributed by atoms with Crippen LogP contribution in [0, 0.1) is 6.92 Å². The summed E-state index contributed by atoms with van der Waals surface area (Å²) in [5.74, 6) is 0. The Morgan fingerprint density at radius 2 is 1.60 bits per heavy atom. The molecule has 0 bridgehead atoms. The fraction of sp³-hybridized carbons (Fsp3) is 0.647. The quantitative estimate of drug-likeness (QED) is 0.702. The lowest BCUT2D eigenvalue weighted by Gasteiger charge is -2.26. The Morgan fingerprint density at radius 1 is 1.00 bits per heavy atom. The molecule has 3 heteroatoms. The molecule has 3 nitrogen and oxygen atoms in total. The minimum Gasteiger partial charge on any atom is -0.376 e. The Bertz CT molecular complexity index is 362. The number of aryl methyl sites for hydroxylation is 1. The van der Waals surface area contributed by atoms with E-state index < -0.39 is 0 Å². The fourth-order valence-electron chi connectivity index (χ4n) is 2.16. The second kappa shape index (κ2) is 9.11. The molecule has 114 valence electrons. The number of ether oxygens (including phenoxy) is 2. The van der Waals surface area contributed by atoms with Gasteiger partial charge in [0, 0.05) is 0 Å². The molecule has 1 aromatic rings. The smallest absolute Gasteiger partial charge is 0.0742 e. The van der Waals surface area contributed by atoms with E-state index in [1.807, 2.05) is 13.8 Å². The van der Waals surface area contributed by atoms with Crippen molar-refractivity contribution in [1.29, 1.82) is 0 Å². The number of likely N-dealkylation sites (N-methyl/N-ethyl adjacent to an activating group) is 1. The minimum atomic E-state index is 0.119. The summed E-state index contributed by atoms with van der Waals surface area (Å²) in [5, 5.41) is 3.50. The molecule has 0 spiro atoms. The molecule has 0 aliphatic rings. The summed E-state index contributed by atoms with van der Waals surface area (Å²) in [7, 11) is 0. The Balaban J connectivity index is 2.54. The van der Waals surface area contributed by atoms with Gasteiger partial charge in [0.2, 0.25) is 0 Å². The van der Waals surface area contributed by atoms with Gasteiger partial charge in [0.05, 0.1) is 31.5 Å². The van der Waals surface area contributed by atoms with Gasteiger partial charge in [-0.1, -0.05) is 36.8 Å². The van der Waals surface area contributed by atoms with Crippen molar-refractivity contribution in [2.45, 2.75) is 52.9 Å². The highest BCUT2D eigenvalue weighted by molar-refractivity contribution is 5.24. The van der Waals surface area contributed by atoms with Crippen molar-refractivity contribution in [1.82, 2.24) is 5.32 Å². The van der Waals surface area contributed by atoms with Gasteiger partial charge < -0.3 is 14.8 Å². The summed E-state index contributed by atoms with van der Waals surface area (Å²) >= 11 is 0. The van der Waals surface area contributed by atoms with Gasteiger partial charge in [-0.3, -0.25) is 0 Å². The highest BCUT2D eigenvalue weighted by Gasteiger charge is 2.18. The average Bonchev–Trinajstić information content (AvgIpc) is 2.42. The summed E-state index contributed by atoms with van der Waals surface area (Å²) in [4.78, 5) is 0. The maximum absolute atomic E-state index is 5.90. The average molecular weight is 279 g/mol. The molecule has 20 heavy (non-hydrogen) atoms. The monoisotopic (exact) mass is 279 g/mol. The first-order valence-corrected chi connectivity index (χ1v) is 7.57. The zero-order valence-electron chi connectivity index (χ0n) is 13.5. The number of hydrogen-bond donors (Lipinski definition) is 1. The normalized spacial score (nSPS) is 14.5. The van der Waals surface area contributed by atoms with E-state index in [2.05, 4.69) is 50.4 Å². The lowest BCUT2D eigenvalue weighted by atomic mass is 10.0. The number of benzene rings is 1. The Hall–Kier alpha value is -0.900. The van der Waals surface area contributed by atoms with Gasteiger partial charge in [-0.05, 0) is 39.8 Å². The van der Waals surface area contributed by atoms with Crippen LogP contribution in [-0.4, -0.2) is 32.0 Å². The van der Waals surface area contributed by atoms with Gasteiger partial charge in [-0.15, -0.1) is 0 Å². The first-order chi connectivity index (χ1) is 9.54. The molecule has 2 unspecified atom stereocenters. The molecule has 0 aromatic heterocycles. The molecule has 0 aliphatic heterocycles. The highest BCUT2D eigenvalue weighted by atomic mass is 16.5. The van der Waals surface area contributed by atoms with E-state index in [-0.39, 0.29) is 18.2 Å². The van der Waals surface area contributed by atoms with E-state index in [4.69, 9.17) is 9.47 Å². The van der Waals surface area contributed by atoms with Crippen LogP contribution in [-0.2, 0) is 9.47 Å². The molecule has 0 aliphatic carbocycles. The van der Waals surface area contributed by atoms with E-state index in [1.54, 1.807) is 0 Å². The molecule has 2 atom stereocenters. The first-order valence-electron chi connectivity index (χ1n) is 7.57. The van der Waals surface area contributed by atoms with Crippen LogP contribution in [0.3, 0.4) is 0 Å². The standard InChI is InChI=1S/C17H29NO2/c1-6-18-17(16-9-7-14(4)8-10-16)15(5)20-12-11-19-13(2)3/h7-10,13,15,17-18H,6,11-12H2,1-5H3. The van der Waals surface area contributed by atoms with Crippen molar-refractivity contribution in [2.24, 2.45) is 0 Å². The van der Waals surface area contributed by atoms with Crippen molar-refractivity contribution >= 4 is 0 Å². The maximum atomic E-state index is 5.90. The van der Waals surface area contributed by atoms with Gasteiger partial charge in [-0.25, -0.2) is 0 Å². The second-order valence-corrected chi connectivity index (χ2v) is 5.44. The molecule has 0 radical (unpaired) electrons. The Morgan fingerprint density at radius 3 is 2.15 bits per heavy atom. The van der Waals surface area contributed by atoms with Gasteiger partial charge in [-0.2, -0.15) is 0 Å². The lowest BCUT2D eigenvalue weighted by Crippen LogP contribution is -2.32. The van der Waals surface area contributed by atoms with Crippen LogP contribution in [0.1, 0.15) is 44.9 Å². The first kappa shape index (κ1) is 17.2. The maximum Gasteiger partial charge on any atom is 0.0742 e. The minimum absolute atomic E-state index is 0.119. The Labute approximate surface area is 123 Å². The predicted molar refractivity (Wildman–Crippen MR) is 84.1 cm³/mol. The van der Waals surface area contributed by atoms with Crippen LogP contribution in [0.5, 0.6) is 0 Å². The molecular weight excluding hydrogens is 250 g/mol. The highest BCUT2D eigenvalue weighted by Crippen LogP contribution is 2.19. The van der Waals surface area contributed by atoms with Crippen molar-refractivity contribution in [3.8, 4) is 0 Å². The zero-order chi connectivity index (χ0) is 15.0. The molecular formula is C17H29NO2. The van der Waals surface area contributed by atoms with E-state index >= 15 is 0 Å². The zero-order valence-corrected chi connectivity index (χ0v) is 13.5. The molecule has 1 N–H and O–H groups in total. The number of hydrogen-bond acceptors (Lipinski definition) is 3. The third-order valence-electron chi connectivity index (χ3n) is 3.25. The van der Waals surface area contributed by atoms with Crippen LogP contribution in [0.4, 0.5) is 0 Å². The van der Waals surface area contributed by atoms with E-state index in [0.29, 0.717) is 13.2 Å². The van der Waals surface area contributed by atoms with E-state index in [1.165, 1.54) is 11.1 Å². The van der Waals surface area contributed by atoms with E-state index in [9.17, 15) is 0 Å². The largest absolute Gasteiger partial charge is 0.376 e. The summed E-state index contributed by atoms with van der Waals surface area (Å²) in [6.45, 7) is 12.6. The third-order valence-corrected chi connectivity index (χ3v) is 3.25. The van der Waals surface area contributed by atoms with Crippen LogP contribution >= 0.6 is 0 Å². The van der Waals surface area contributed by atoms with Crippen molar-refractivity contribution in [3.05, 3.63) is 35.4 Å². The van der Waals surface area contributed by atoms with Crippen LogP contribution < -0.4 is 5.32 Å². The third kappa shape index (κ3) is 6.04. The molecule has 1 rings (SSSR count). The topological polar surface area (TPSA) is 30.5 Å². The predicted octanol–water partition coefficient (Wildman–Crippen LogP) is 3.48.